The molecule has 0 saturated heterocycles. The van der Waals surface area contributed by atoms with Crippen LogP contribution < -0.4 is 5.73 Å². The van der Waals surface area contributed by atoms with Crippen molar-refractivity contribution in [3.63, 3.8) is 0 Å². The van der Waals surface area contributed by atoms with E-state index in [1.165, 1.54) is 19.3 Å². The fourth-order valence-electron chi connectivity index (χ4n) is 2.68. The van der Waals surface area contributed by atoms with Crippen LogP contribution in [0.1, 0.15) is 62.4 Å². The molecule has 1 saturated carbocycles. The van der Waals surface area contributed by atoms with Crippen LogP contribution in [0.3, 0.4) is 0 Å². The summed E-state index contributed by atoms with van der Waals surface area (Å²) in [5, 5.41) is 0. The summed E-state index contributed by atoms with van der Waals surface area (Å²) in [6.07, 6.45) is 4.52. The largest absolute Gasteiger partial charge is 0.461 e. The van der Waals surface area contributed by atoms with Gasteiger partial charge in [-0.1, -0.05) is 13.3 Å². The number of aromatic nitrogens is 2. The Morgan fingerprint density at radius 2 is 2.21 bits per heavy atom. The van der Waals surface area contributed by atoms with E-state index >= 15 is 0 Å². The lowest BCUT2D eigenvalue weighted by Crippen LogP contribution is -2.25. The number of nitrogens with zero attached hydrogens (tertiary/aromatic N) is 2. The molecule has 106 valence electrons. The van der Waals surface area contributed by atoms with Crippen LogP contribution in [0.2, 0.25) is 0 Å². The van der Waals surface area contributed by atoms with Crippen molar-refractivity contribution in [2.45, 2.75) is 52.5 Å². The molecular formula is C14H23N3O2. The van der Waals surface area contributed by atoms with Gasteiger partial charge in [0.1, 0.15) is 11.6 Å². The van der Waals surface area contributed by atoms with Gasteiger partial charge in [-0.05, 0) is 32.6 Å². The summed E-state index contributed by atoms with van der Waals surface area (Å²) < 4.78 is 7.03. The molecule has 1 aliphatic rings. The number of carbonyl (C=O) groups excluding carboxylic acids is 1. The number of hydrogen-bond donors (Lipinski definition) is 1. The smallest absolute Gasteiger partial charge is 0.360 e. The van der Waals surface area contributed by atoms with Crippen LogP contribution in [0, 0.1) is 5.92 Å². The first kappa shape index (κ1) is 13.9. The maximum absolute atomic E-state index is 11.8. The van der Waals surface area contributed by atoms with Crippen molar-refractivity contribution in [1.82, 2.24) is 9.55 Å². The average molecular weight is 265 g/mol. The maximum atomic E-state index is 11.8. The van der Waals surface area contributed by atoms with Gasteiger partial charge in [-0.2, -0.15) is 0 Å². The first-order valence-corrected chi connectivity index (χ1v) is 7.13. The van der Waals surface area contributed by atoms with Crippen LogP contribution in [0.4, 0.5) is 5.82 Å². The van der Waals surface area contributed by atoms with E-state index in [1.54, 1.807) is 6.92 Å². The number of nitrogen functional groups attached to an aromatic ring is 1. The lowest BCUT2D eigenvalue weighted by Gasteiger charge is -2.33. The van der Waals surface area contributed by atoms with Crippen molar-refractivity contribution in [2.75, 3.05) is 12.3 Å². The summed E-state index contributed by atoms with van der Waals surface area (Å²) in [7, 11) is 0. The summed E-state index contributed by atoms with van der Waals surface area (Å²) in [6.45, 7) is 6.31. The molecular weight excluding hydrogens is 242 g/mol. The van der Waals surface area contributed by atoms with Crippen LogP contribution in [0.25, 0.3) is 0 Å². The number of rotatable bonds is 5. The highest BCUT2D eigenvalue weighted by Gasteiger charge is 2.30. The zero-order valence-corrected chi connectivity index (χ0v) is 12.0. The number of aryl methyl sites for hydroxylation is 1. The molecule has 0 amide bonds. The lowest BCUT2D eigenvalue weighted by molar-refractivity contribution is 0.0521. The van der Waals surface area contributed by atoms with Crippen LogP contribution in [-0.4, -0.2) is 22.1 Å². The second-order valence-corrected chi connectivity index (χ2v) is 5.14. The summed E-state index contributed by atoms with van der Waals surface area (Å²) in [5.74, 6) is 1.56. The first-order valence-electron chi connectivity index (χ1n) is 7.13. The van der Waals surface area contributed by atoms with Crippen LogP contribution in [-0.2, 0) is 11.2 Å². The quantitative estimate of drug-likeness (QED) is 0.831. The molecule has 0 aromatic carbocycles. The third kappa shape index (κ3) is 2.46. The molecule has 1 unspecified atom stereocenters. The molecule has 1 heterocycles. The zero-order valence-electron chi connectivity index (χ0n) is 12.0. The number of nitrogens with two attached hydrogens (primary N) is 1. The molecule has 2 N–H and O–H groups in total. The lowest BCUT2D eigenvalue weighted by atomic mass is 9.80. The van der Waals surface area contributed by atoms with Gasteiger partial charge >= 0.3 is 5.97 Å². The van der Waals surface area contributed by atoms with Gasteiger partial charge in [-0.15, -0.1) is 0 Å². The van der Waals surface area contributed by atoms with E-state index in [1.807, 2.05) is 11.5 Å². The second-order valence-electron chi connectivity index (χ2n) is 5.14. The van der Waals surface area contributed by atoms with Gasteiger partial charge in [-0.3, -0.25) is 0 Å². The second kappa shape index (κ2) is 5.63. The van der Waals surface area contributed by atoms with Gasteiger partial charge in [0.15, 0.2) is 5.69 Å². The zero-order chi connectivity index (χ0) is 14.0. The Balaban J connectivity index is 2.33. The molecule has 0 spiro atoms. The van der Waals surface area contributed by atoms with E-state index in [2.05, 4.69) is 11.9 Å². The Morgan fingerprint density at radius 1 is 1.53 bits per heavy atom. The molecule has 5 nitrogen and oxygen atoms in total. The van der Waals surface area contributed by atoms with Crippen molar-refractivity contribution in [3.05, 3.63) is 11.5 Å². The minimum Gasteiger partial charge on any atom is -0.461 e. The van der Waals surface area contributed by atoms with Crippen molar-refractivity contribution in [1.29, 1.82) is 0 Å². The minimum absolute atomic E-state index is 0.268. The monoisotopic (exact) mass is 265 g/mol. The Bertz CT molecular complexity index is 464. The Hall–Kier alpha value is -1.52. The fraction of sp³-hybridized carbons (Fsp3) is 0.714. The molecule has 1 aliphatic carbocycles. The molecule has 1 aromatic rings. The average Bonchev–Trinajstić information content (AvgIpc) is 2.64. The SMILES string of the molecule is CCOC(=O)c1nc(CC)n(C(C)C2CCC2)c1N. The third-order valence-corrected chi connectivity index (χ3v) is 4.05. The molecule has 0 radical (unpaired) electrons. The minimum atomic E-state index is -0.422. The topological polar surface area (TPSA) is 70.1 Å². The highest BCUT2D eigenvalue weighted by Crippen LogP contribution is 2.38. The van der Waals surface area contributed by atoms with Gasteiger partial charge < -0.3 is 15.0 Å². The third-order valence-electron chi connectivity index (χ3n) is 4.05. The van der Waals surface area contributed by atoms with E-state index in [0.717, 1.165) is 12.2 Å². The van der Waals surface area contributed by atoms with Gasteiger partial charge in [-0.25, -0.2) is 9.78 Å². The Labute approximate surface area is 114 Å². The normalized spacial score (nSPS) is 17.0. The van der Waals surface area contributed by atoms with Crippen molar-refractivity contribution in [2.24, 2.45) is 5.92 Å². The number of hydrogen-bond acceptors (Lipinski definition) is 4. The molecule has 0 aliphatic heterocycles. The van der Waals surface area contributed by atoms with Crippen LogP contribution in [0.5, 0.6) is 0 Å². The standard InChI is InChI=1S/C14H23N3O2/c1-4-11-16-12(14(18)19-5-2)13(15)17(11)9(3)10-7-6-8-10/h9-10H,4-8,15H2,1-3H3. The van der Waals surface area contributed by atoms with Crippen molar-refractivity contribution in [3.8, 4) is 0 Å². The number of esters is 1. The predicted molar refractivity (Wildman–Crippen MR) is 74.0 cm³/mol. The van der Waals surface area contributed by atoms with Gasteiger partial charge in [0, 0.05) is 12.5 Å². The van der Waals surface area contributed by atoms with E-state index in [0.29, 0.717) is 24.4 Å². The number of carbonyl (C=O) groups is 1. The summed E-state index contributed by atoms with van der Waals surface area (Å²) in [5.41, 5.74) is 6.40. The van der Waals surface area contributed by atoms with Gasteiger partial charge in [0.2, 0.25) is 0 Å². The summed E-state index contributed by atoms with van der Waals surface area (Å²) >= 11 is 0. The molecule has 1 atom stereocenters. The summed E-state index contributed by atoms with van der Waals surface area (Å²) in [6, 6.07) is 0.305. The molecule has 1 fully saturated rings. The highest BCUT2D eigenvalue weighted by molar-refractivity contribution is 5.92. The first-order chi connectivity index (χ1) is 9.10. The van der Waals surface area contributed by atoms with Gasteiger partial charge in [0.05, 0.1) is 6.61 Å². The van der Waals surface area contributed by atoms with E-state index in [9.17, 15) is 4.79 Å². The Kier molecular flexibility index (Phi) is 4.12. The molecule has 19 heavy (non-hydrogen) atoms. The van der Waals surface area contributed by atoms with Crippen molar-refractivity contribution >= 4 is 11.8 Å². The van der Waals surface area contributed by atoms with E-state index in [4.69, 9.17) is 10.5 Å². The number of imidazole rings is 1. The van der Waals surface area contributed by atoms with Crippen LogP contribution in [0.15, 0.2) is 0 Å². The molecule has 0 bridgehead atoms. The number of ether oxygens (including phenoxy) is 1. The summed E-state index contributed by atoms with van der Waals surface area (Å²) in [4.78, 5) is 16.2. The molecule has 5 heteroatoms. The fourth-order valence-corrected chi connectivity index (χ4v) is 2.68. The van der Waals surface area contributed by atoms with Crippen LogP contribution >= 0.6 is 0 Å². The highest BCUT2D eigenvalue weighted by atomic mass is 16.5. The van der Waals surface area contributed by atoms with E-state index in [-0.39, 0.29) is 5.69 Å². The molecule has 1 aromatic heterocycles. The number of anilines is 1. The van der Waals surface area contributed by atoms with E-state index < -0.39 is 5.97 Å². The van der Waals surface area contributed by atoms with Crippen molar-refractivity contribution < 1.29 is 9.53 Å². The maximum Gasteiger partial charge on any atom is 0.360 e. The molecule has 2 rings (SSSR count). The Morgan fingerprint density at radius 3 is 2.68 bits per heavy atom. The van der Waals surface area contributed by atoms with Gasteiger partial charge in [0.25, 0.3) is 0 Å². The predicted octanol–water partition coefficient (Wildman–Crippen LogP) is 2.57.